The Morgan fingerprint density at radius 1 is 1.21 bits per heavy atom. The SMILES string of the molecule is CCC(CC)C(C)N=C1NS(=O)(=O)c2ccccc21. The summed E-state index contributed by atoms with van der Waals surface area (Å²) >= 11 is 0. The van der Waals surface area contributed by atoms with Gasteiger partial charge in [-0.15, -0.1) is 0 Å². The molecule has 4 nitrogen and oxygen atoms in total. The van der Waals surface area contributed by atoms with E-state index < -0.39 is 10.0 Å². The van der Waals surface area contributed by atoms with Gasteiger partial charge in [-0.3, -0.25) is 9.71 Å². The van der Waals surface area contributed by atoms with Crippen molar-refractivity contribution in [3.8, 4) is 0 Å². The average Bonchev–Trinajstić information content (AvgIpc) is 2.63. The van der Waals surface area contributed by atoms with Gasteiger partial charge in [-0.05, 0) is 25.0 Å². The summed E-state index contributed by atoms with van der Waals surface area (Å²) in [5, 5.41) is 0. The minimum Gasteiger partial charge on any atom is -0.264 e. The van der Waals surface area contributed by atoms with Gasteiger partial charge in [0.15, 0.2) is 0 Å². The first kappa shape index (κ1) is 14.1. The van der Waals surface area contributed by atoms with Crippen molar-refractivity contribution in [3.63, 3.8) is 0 Å². The van der Waals surface area contributed by atoms with Gasteiger partial charge in [-0.1, -0.05) is 38.8 Å². The molecule has 0 aliphatic carbocycles. The van der Waals surface area contributed by atoms with Gasteiger partial charge in [-0.25, -0.2) is 8.42 Å². The number of amidine groups is 1. The predicted octanol–water partition coefficient (Wildman–Crippen LogP) is 2.55. The standard InChI is InChI=1S/C14H20N2O2S/c1-4-11(5-2)10(3)15-14-12-8-6-7-9-13(12)19(17,18)16-14/h6-11H,4-5H2,1-3H3,(H,15,16). The van der Waals surface area contributed by atoms with Crippen LogP contribution in [-0.4, -0.2) is 20.3 Å². The first-order valence-electron chi connectivity index (χ1n) is 6.69. The normalized spacial score (nSPS) is 20.3. The molecule has 0 amide bonds. The van der Waals surface area contributed by atoms with Crippen LogP contribution in [0.15, 0.2) is 34.2 Å². The number of aliphatic imine (C=N–C) groups is 1. The van der Waals surface area contributed by atoms with Crippen LogP contribution in [0, 0.1) is 5.92 Å². The molecule has 104 valence electrons. The number of fused-ring (bicyclic) bond motifs is 1. The summed E-state index contributed by atoms with van der Waals surface area (Å²) < 4.78 is 26.5. The molecule has 1 aromatic rings. The third-order valence-corrected chi connectivity index (χ3v) is 5.12. The summed E-state index contributed by atoms with van der Waals surface area (Å²) in [4.78, 5) is 4.91. The summed E-state index contributed by atoms with van der Waals surface area (Å²) in [6.45, 7) is 6.31. The fraction of sp³-hybridized carbons (Fsp3) is 0.500. The van der Waals surface area contributed by atoms with Gasteiger partial charge in [0, 0.05) is 5.56 Å². The Kier molecular flexibility index (Phi) is 3.94. The van der Waals surface area contributed by atoms with Crippen molar-refractivity contribution in [1.82, 2.24) is 4.72 Å². The molecule has 1 aromatic carbocycles. The minimum atomic E-state index is -3.42. The molecule has 2 rings (SSSR count). The van der Waals surface area contributed by atoms with Crippen molar-refractivity contribution < 1.29 is 8.42 Å². The lowest BCUT2D eigenvalue weighted by atomic mass is 9.96. The van der Waals surface area contributed by atoms with Crippen molar-refractivity contribution in [3.05, 3.63) is 29.8 Å². The molecule has 1 aliphatic rings. The number of benzene rings is 1. The predicted molar refractivity (Wildman–Crippen MR) is 76.8 cm³/mol. The van der Waals surface area contributed by atoms with E-state index in [0.717, 1.165) is 12.8 Å². The number of hydrogen-bond acceptors (Lipinski definition) is 3. The van der Waals surface area contributed by atoms with Gasteiger partial charge in [0.05, 0.1) is 10.9 Å². The fourth-order valence-corrected chi connectivity index (χ4v) is 3.75. The molecule has 0 saturated carbocycles. The zero-order valence-corrected chi connectivity index (χ0v) is 12.4. The molecule has 19 heavy (non-hydrogen) atoms. The van der Waals surface area contributed by atoms with E-state index in [2.05, 4.69) is 23.6 Å². The van der Waals surface area contributed by atoms with Crippen LogP contribution in [0.25, 0.3) is 0 Å². The quantitative estimate of drug-likeness (QED) is 0.921. The Morgan fingerprint density at radius 2 is 1.84 bits per heavy atom. The second-order valence-electron chi connectivity index (χ2n) is 4.90. The van der Waals surface area contributed by atoms with E-state index in [-0.39, 0.29) is 6.04 Å². The maximum atomic E-state index is 12.0. The molecule has 1 aliphatic heterocycles. The van der Waals surface area contributed by atoms with Crippen molar-refractivity contribution in [2.45, 2.75) is 44.6 Å². The van der Waals surface area contributed by atoms with Gasteiger partial charge in [0.25, 0.3) is 10.0 Å². The highest BCUT2D eigenvalue weighted by molar-refractivity contribution is 7.90. The highest BCUT2D eigenvalue weighted by atomic mass is 32.2. The topological polar surface area (TPSA) is 58.5 Å². The summed E-state index contributed by atoms with van der Waals surface area (Å²) in [6, 6.07) is 7.08. The highest BCUT2D eigenvalue weighted by Gasteiger charge is 2.30. The average molecular weight is 280 g/mol. The molecule has 0 spiro atoms. The van der Waals surface area contributed by atoms with Gasteiger partial charge >= 0.3 is 0 Å². The first-order valence-corrected chi connectivity index (χ1v) is 8.18. The zero-order chi connectivity index (χ0) is 14.0. The lowest BCUT2D eigenvalue weighted by Crippen LogP contribution is -2.25. The Hall–Kier alpha value is -1.36. The molecular weight excluding hydrogens is 260 g/mol. The molecule has 1 atom stereocenters. The van der Waals surface area contributed by atoms with Crippen molar-refractivity contribution >= 4 is 15.9 Å². The molecule has 0 saturated heterocycles. The smallest absolute Gasteiger partial charge is 0.263 e. The van der Waals surface area contributed by atoms with Gasteiger partial charge < -0.3 is 0 Å². The van der Waals surface area contributed by atoms with Crippen LogP contribution in [0.3, 0.4) is 0 Å². The Balaban J connectivity index is 2.39. The van der Waals surface area contributed by atoms with Crippen molar-refractivity contribution in [2.24, 2.45) is 10.9 Å². The van der Waals surface area contributed by atoms with Crippen LogP contribution in [0.4, 0.5) is 0 Å². The Morgan fingerprint density at radius 3 is 2.47 bits per heavy atom. The lowest BCUT2D eigenvalue weighted by molar-refractivity contribution is 0.419. The van der Waals surface area contributed by atoms with Crippen LogP contribution in [0.5, 0.6) is 0 Å². The van der Waals surface area contributed by atoms with Crippen LogP contribution in [0.2, 0.25) is 0 Å². The fourth-order valence-electron chi connectivity index (χ4n) is 2.51. The van der Waals surface area contributed by atoms with Gasteiger partial charge in [-0.2, -0.15) is 0 Å². The van der Waals surface area contributed by atoms with E-state index in [1.807, 2.05) is 13.0 Å². The van der Waals surface area contributed by atoms with E-state index in [4.69, 9.17) is 0 Å². The van der Waals surface area contributed by atoms with Crippen molar-refractivity contribution in [1.29, 1.82) is 0 Å². The highest BCUT2D eigenvalue weighted by Crippen LogP contribution is 2.24. The van der Waals surface area contributed by atoms with Crippen LogP contribution in [-0.2, 0) is 10.0 Å². The second-order valence-corrected chi connectivity index (χ2v) is 6.55. The van der Waals surface area contributed by atoms with E-state index in [1.54, 1.807) is 18.2 Å². The number of rotatable bonds is 4. The molecule has 0 radical (unpaired) electrons. The summed E-state index contributed by atoms with van der Waals surface area (Å²) in [5.41, 5.74) is 0.681. The third-order valence-electron chi connectivity index (χ3n) is 3.73. The first-order chi connectivity index (χ1) is 8.99. The van der Waals surface area contributed by atoms with E-state index in [9.17, 15) is 8.42 Å². The minimum absolute atomic E-state index is 0.110. The van der Waals surface area contributed by atoms with E-state index in [0.29, 0.717) is 22.2 Å². The van der Waals surface area contributed by atoms with Gasteiger partial charge in [0.2, 0.25) is 0 Å². The molecule has 0 bridgehead atoms. The summed E-state index contributed by atoms with van der Waals surface area (Å²) in [6.07, 6.45) is 2.09. The lowest BCUT2D eigenvalue weighted by Gasteiger charge is -2.17. The molecular formula is C14H20N2O2S. The molecule has 0 fully saturated rings. The van der Waals surface area contributed by atoms with Crippen molar-refractivity contribution in [2.75, 3.05) is 0 Å². The van der Waals surface area contributed by atoms with Crippen LogP contribution in [0.1, 0.15) is 39.2 Å². The largest absolute Gasteiger partial charge is 0.264 e. The Labute approximate surface area is 115 Å². The third kappa shape index (κ3) is 2.66. The molecule has 1 heterocycles. The van der Waals surface area contributed by atoms with E-state index >= 15 is 0 Å². The number of nitrogens with one attached hydrogen (secondary N) is 1. The maximum Gasteiger partial charge on any atom is 0.263 e. The zero-order valence-electron chi connectivity index (χ0n) is 11.6. The number of nitrogens with zero attached hydrogens (tertiary/aromatic N) is 1. The van der Waals surface area contributed by atoms with Crippen LogP contribution < -0.4 is 4.72 Å². The van der Waals surface area contributed by atoms with Gasteiger partial charge in [0.1, 0.15) is 5.84 Å². The Bertz CT molecular complexity index is 589. The monoisotopic (exact) mass is 280 g/mol. The maximum absolute atomic E-state index is 12.0. The molecule has 1 unspecified atom stereocenters. The molecule has 5 heteroatoms. The summed E-state index contributed by atoms with van der Waals surface area (Å²) in [5.74, 6) is 0.958. The second kappa shape index (κ2) is 5.33. The molecule has 1 N–H and O–H groups in total. The number of sulfonamides is 1. The van der Waals surface area contributed by atoms with E-state index in [1.165, 1.54) is 0 Å². The number of hydrogen-bond donors (Lipinski definition) is 1. The molecule has 0 aromatic heterocycles. The summed E-state index contributed by atoms with van der Waals surface area (Å²) in [7, 11) is -3.42. The van der Waals surface area contributed by atoms with Crippen LogP contribution >= 0.6 is 0 Å².